The maximum Gasteiger partial charge on any atom is 0.258 e. The third-order valence-electron chi connectivity index (χ3n) is 3.04. The molecule has 2 heterocycles. The van der Waals surface area contributed by atoms with Crippen LogP contribution in [0, 0.1) is 0 Å². The zero-order valence-electron chi connectivity index (χ0n) is 10.5. The highest BCUT2D eigenvalue weighted by atomic mass is 32.1. The average Bonchev–Trinajstić information content (AvgIpc) is 3.02. The fourth-order valence-corrected chi connectivity index (χ4v) is 3.03. The summed E-state index contributed by atoms with van der Waals surface area (Å²) in [5, 5.41) is 0. The number of fused-ring (bicyclic) bond motifs is 1. The first kappa shape index (κ1) is 11.9. The van der Waals surface area contributed by atoms with Gasteiger partial charge in [-0.2, -0.15) is 0 Å². The summed E-state index contributed by atoms with van der Waals surface area (Å²) in [7, 11) is 0. The van der Waals surface area contributed by atoms with Crippen LogP contribution in [-0.4, -0.2) is 15.5 Å². The van der Waals surface area contributed by atoms with Crippen LogP contribution in [-0.2, 0) is 6.54 Å². The Morgan fingerprint density at radius 3 is 2.79 bits per heavy atom. The molecule has 2 aromatic heterocycles. The van der Waals surface area contributed by atoms with Crippen molar-refractivity contribution in [2.24, 2.45) is 5.73 Å². The Labute approximate surface area is 114 Å². The van der Waals surface area contributed by atoms with Crippen molar-refractivity contribution in [2.75, 3.05) is 0 Å². The standard InChI is InChI=1S/C14H13N3OS/c1-2-17-10-6-4-3-5-9(10)16-14(17)12-8-7-11(19-12)13(15)18/h3-8H,2H2,1H3,(H2,15,18). The van der Waals surface area contributed by atoms with Gasteiger partial charge in [-0.15, -0.1) is 11.3 Å². The van der Waals surface area contributed by atoms with Gasteiger partial charge in [-0.3, -0.25) is 4.79 Å². The summed E-state index contributed by atoms with van der Waals surface area (Å²) in [4.78, 5) is 17.3. The molecule has 0 spiro atoms. The molecule has 2 N–H and O–H groups in total. The van der Waals surface area contributed by atoms with Crippen LogP contribution in [0.25, 0.3) is 21.7 Å². The number of para-hydroxylation sites is 2. The maximum atomic E-state index is 11.2. The van der Waals surface area contributed by atoms with Crippen LogP contribution in [0.15, 0.2) is 36.4 Å². The highest BCUT2D eigenvalue weighted by Crippen LogP contribution is 2.30. The van der Waals surface area contributed by atoms with Crippen LogP contribution < -0.4 is 5.73 Å². The minimum absolute atomic E-state index is 0.393. The lowest BCUT2D eigenvalue weighted by Crippen LogP contribution is -2.08. The number of carbonyl (C=O) groups excluding carboxylic acids is 1. The lowest BCUT2D eigenvalue weighted by Gasteiger charge is -2.03. The van der Waals surface area contributed by atoms with E-state index in [0.717, 1.165) is 28.3 Å². The summed E-state index contributed by atoms with van der Waals surface area (Å²) in [6.45, 7) is 2.92. The molecule has 96 valence electrons. The Kier molecular flexibility index (Phi) is 2.83. The lowest BCUT2D eigenvalue weighted by atomic mass is 10.3. The molecular weight excluding hydrogens is 258 g/mol. The van der Waals surface area contributed by atoms with E-state index in [9.17, 15) is 4.79 Å². The van der Waals surface area contributed by atoms with Gasteiger partial charge in [-0.1, -0.05) is 12.1 Å². The Bertz CT molecular complexity index is 757. The summed E-state index contributed by atoms with van der Waals surface area (Å²) < 4.78 is 2.14. The van der Waals surface area contributed by atoms with Crippen molar-refractivity contribution < 1.29 is 4.79 Å². The Balaban J connectivity index is 2.20. The summed E-state index contributed by atoms with van der Waals surface area (Å²) >= 11 is 1.38. The quantitative estimate of drug-likeness (QED) is 0.796. The molecule has 0 radical (unpaired) electrons. The van der Waals surface area contributed by atoms with Crippen molar-refractivity contribution in [1.82, 2.24) is 9.55 Å². The number of primary amides is 1. The molecule has 19 heavy (non-hydrogen) atoms. The third-order valence-corrected chi connectivity index (χ3v) is 4.14. The number of amides is 1. The average molecular weight is 271 g/mol. The molecule has 0 atom stereocenters. The van der Waals surface area contributed by atoms with Crippen LogP contribution in [0.4, 0.5) is 0 Å². The van der Waals surface area contributed by atoms with Crippen molar-refractivity contribution in [2.45, 2.75) is 13.5 Å². The first-order valence-electron chi connectivity index (χ1n) is 6.06. The molecular formula is C14H13N3OS. The summed E-state index contributed by atoms with van der Waals surface area (Å²) in [6.07, 6.45) is 0. The molecule has 1 aromatic carbocycles. The first-order valence-corrected chi connectivity index (χ1v) is 6.87. The lowest BCUT2D eigenvalue weighted by molar-refractivity contribution is 0.100. The van der Waals surface area contributed by atoms with Crippen LogP contribution in [0.3, 0.4) is 0 Å². The molecule has 3 rings (SSSR count). The molecule has 1 amide bonds. The van der Waals surface area contributed by atoms with Gasteiger partial charge in [-0.25, -0.2) is 4.98 Å². The summed E-state index contributed by atoms with van der Waals surface area (Å²) in [6, 6.07) is 11.7. The van der Waals surface area contributed by atoms with E-state index in [-0.39, 0.29) is 0 Å². The number of benzene rings is 1. The molecule has 0 fully saturated rings. The largest absolute Gasteiger partial charge is 0.365 e. The van der Waals surface area contributed by atoms with Gasteiger partial charge in [0.1, 0.15) is 0 Å². The molecule has 0 aliphatic heterocycles. The SMILES string of the molecule is CCn1c(-c2ccc(C(N)=O)s2)nc2ccccc21. The highest BCUT2D eigenvalue weighted by Gasteiger charge is 2.14. The van der Waals surface area contributed by atoms with Crippen molar-refractivity contribution in [3.63, 3.8) is 0 Å². The van der Waals surface area contributed by atoms with Crippen molar-refractivity contribution in [3.05, 3.63) is 41.3 Å². The van der Waals surface area contributed by atoms with Gasteiger partial charge < -0.3 is 10.3 Å². The predicted molar refractivity (Wildman–Crippen MR) is 77.2 cm³/mol. The number of rotatable bonds is 3. The number of carbonyl (C=O) groups is 1. The van der Waals surface area contributed by atoms with Crippen LogP contribution in [0.5, 0.6) is 0 Å². The Morgan fingerprint density at radius 2 is 2.11 bits per heavy atom. The van der Waals surface area contributed by atoms with E-state index < -0.39 is 5.91 Å². The molecule has 0 unspecified atom stereocenters. The van der Waals surface area contributed by atoms with E-state index in [1.165, 1.54) is 11.3 Å². The van der Waals surface area contributed by atoms with Gasteiger partial charge in [0.25, 0.3) is 5.91 Å². The highest BCUT2D eigenvalue weighted by molar-refractivity contribution is 7.17. The summed E-state index contributed by atoms with van der Waals surface area (Å²) in [5.74, 6) is 0.497. The second-order valence-corrected chi connectivity index (χ2v) is 5.28. The predicted octanol–water partition coefficient (Wildman–Crippen LogP) is 2.88. The molecule has 0 saturated carbocycles. The maximum absolute atomic E-state index is 11.2. The summed E-state index contributed by atoms with van der Waals surface area (Å²) in [5.41, 5.74) is 7.37. The number of nitrogens with zero attached hydrogens (tertiary/aromatic N) is 2. The first-order chi connectivity index (χ1) is 9.20. The molecule has 0 bridgehead atoms. The van der Waals surface area contributed by atoms with E-state index >= 15 is 0 Å². The van der Waals surface area contributed by atoms with Crippen LogP contribution >= 0.6 is 11.3 Å². The number of imidazole rings is 1. The molecule has 0 saturated heterocycles. The molecule has 0 aliphatic rings. The number of aryl methyl sites for hydroxylation is 1. The third kappa shape index (κ3) is 1.92. The smallest absolute Gasteiger partial charge is 0.258 e. The second kappa shape index (κ2) is 4.51. The van der Waals surface area contributed by atoms with Crippen molar-refractivity contribution in [3.8, 4) is 10.7 Å². The Hall–Kier alpha value is -2.14. The van der Waals surface area contributed by atoms with E-state index in [1.807, 2.05) is 24.3 Å². The Morgan fingerprint density at radius 1 is 1.32 bits per heavy atom. The van der Waals surface area contributed by atoms with Gasteiger partial charge in [0.05, 0.1) is 20.8 Å². The second-order valence-electron chi connectivity index (χ2n) is 4.20. The van der Waals surface area contributed by atoms with E-state index in [0.29, 0.717) is 4.88 Å². The number of nitrogens with two attached hydrogens (primary N) is 1. The van der Waals surface area contributed by atoms with Gasteiger partial charge in [-0.05, 0) is 31.2 Å². The van der Waals surface area contributed by atoms with Gasteiger partial charge >= 0.3 is 0 Å². The molecule has 5 heteroatoms. The van der Waals surface area contributed by atoms with Gasteiger partial charge in [0, 0.05) is 6.54 Å². The molecule has 3 aromatic rings. The monoisotopic (exact) mass is 271 g/mol. The van der Waals surface area contributed by atoms with E-state index in [2.05, 4.69) is 22.5 Å². The minimum Gasteiger partial charge on any atom is -0.365 e. The topological polar surface area (TPSA) is 60.9 Å². The zero-order valence-corrected chi connectivity index (χ0v) is 11.3. The fourth-order valence-electron chi connectivity index (χ4n) is 2.17. The number of aromatic nitrogens is 2. The van der Waals surface area contributed by atoms with E-state index in [1.54, 1.807) is 6.07 Å². The van der Waals surface area contributed by atoms with Gasteiger partial charge in [0.15, 0.2) is 5.82 Å². The van der Waals surface area contributed by atoms with Crippen LogP contribution in [0.2, 0.25) is 0 Å². The van der Waals surface area contributed by atoms with Gasteiger partial charge in [0.2, 0.25) is 0 Å². The normalized spacial score (nSPS) is 11.0. The molecule has 4 nitrogen and oxygen atoms in total. The zero-order chi connectivity index (χ0) is 13.4. The van der Waals surface area contributed by atoms with Crippen molar-refractivity contribution >= 4 is 28.3 Å². The number of thiophene rings is 1. The number of hydrogen-bond acceptors (Lipinski definition) is 3. The number of hydrogen-bond donors (Lipinski definition) is 1. The fraction of sp³-hybridized carbons (Fsp3) is 0.143. The minimum atomic E-state index is -0.393. The van der Waals surface area contributed by atoms with Crippen LogP contribution in [0.1, 0.15) is 16.6 Å². The van der Waals surface area contributed by atoms with Crippen molar-refractivity contribution in [1.29, 1.82) is 0 Å². The molecule has 0 aliphatic carbocycles. The van der Waals surface area contributed by atoms with E-state index in [4.69, 9.17) is 5.73 Å².